The van der Waals surface area contributed by atoms with Crippen molar-refractivity contribution in [2.75, 3.05) is 26.9 Å². The number of carbonyl (C=O) groups is 1. The fourth-order valence-corrected chi connectivity index (χ4v) is 3.80. The van der Waals surface area contributed by atoms with Gasteiger partial charge in [-0.05, 0) is 27.7 Å². The Labute approximate surface area is 116 Å². The third-order valence-electron chi connectivity index (χ3n) is 2.10. The monoisotopic (exact) mass is 292 g/mol. The second kappa shape index (κ2) is 9.22. The topological polar surface area (TPSA) is 63.2 Å². The van der Waals surface area contributed by atoms with Gasteiger partial charge in [-0.2, -0.15) is 0 Å². The average Bonchev–Trinajstić information content (AvgIpc) is 2.36. The zero-order chi connectivity index (χ0) is 14.9. The van der Waals surface area contributed by atoms with Crippen LogP contribution in [-0.4, -0.2) is 47.6 Å². The highest BCUT2D eigenvalue weighted by Crippen LogP contribution is 2.19. The van der Waals surface area contributed by atoms with Crippen molar-refractivity contribution in [3.63, 3.8) is 0 Å². The fraction of sp³-hybridized carbons (Fsp3) is 0.750. The van der Waals surface area contributed by atoms with Gasteiger partial charge in [0.2, 0.25) is 0 Å². The van der Waals surface area contributed by atoms with Crippen molar-refractivity contribution in [1.82, 2.24) is 0 Å². The Bertz CT molecular complexity index is 277. The molecule has 0 saturated carbocycles. The summed E-state index contributed by atoms with van der Waals surface area (Å²) in [5, 5.41) is 0. The predicted octanol–water partition coefficient (Wildman–Crippen LogP) is 1.67. The Morgan fingerprint density at radius 2 is 1.53 bits per heavy atom. The molecule has 1 unspecified atom stereocenters. The molecule has 0 bridgehead atoms. The van der Waals surface area contributed by atoms with Crippen molar-refractivity contribution < 1.29 is 27.5 Å². The maximum absolute atomic E-state index is 11.6. The lowest BCUT2D eigenvalue weighted by atomic mass is 10.4. The van der Waals surface area contributed by atoms with E-state index in [2.05, 4.69) is 6.58 Å². The van der Waals surface area contributed by atoms with Crippen LogP contribution in [0, 0.1) is 0 Å². The molecule has 0 aromatic heterocycles. The van der Waals surface area contributed by atoms with Crippen LogP contribution in [0.2, 0.25) is 0 Å². The Morgan fingerprint density at radius 3 is 1.79 bits per heavy atom. The lowest BCUT2D eigenvalue weighted by molar-refractivity contribution is -0.167. The van der Waals surface area contributed by atoms with Gasteiger partial charge in [-0.1, -0.05) is 6.58 Å². The number of esters is 1. The molecule has 0 heterocycles. The SMILES string of the molecule is C=C(C)C(=O)OC(OC)[Si](OCC)(OCC)OCC. The van der Waals surface area contributed by atoms with Crippen molar-refractivity contribution in [1.29, 1.82) is 0 Å². The summed E-state index contributed by atoms with van der Waals surface area (Å²) in [7, 11) is -1.83. The van der Waals surface area contributed by atoms with Crippen molar-refractivity contribution >= 4 is 14.8 Å². The maximum atomic E-state index is 11.6. The van der Waals surface area contributed by atoms with E-state index in [1.165, 1.54) is 7.11 Å². The summed E-state index contributed by atoms with van der Waals surface area (Å²) in [6, 6.07) is 0. The molecule has 1 atom stereocenters. The Morgan fingerprint density at radius 1 is 1.11 bits per heavy atom. The number of carbonyl (C=O) groups excluding carboxylic acids is 1. The zero-order valence-electron chi connectivity index (χ0n) is 12.4. The molecule has 0 aromatic rings. The minimum Gasteiger partial charge on any atom is -0.427 e. The minimum atomic E-state index is -3.24. The third kappa shape index (κ3) is 5.41. The molecule has 0 N–H and O–H groups in total. The molecule has 0 fully saturated rings. The second-order valence-electron chi connectivity index (χ2n) is 3.66. The minimum absolute atomic E-state index is 0.273. The predicted molar refractivity (Wildman–Crippen MR) is 72.3 cm³/mol. The molecule has 0 saturated heterocycles. The van der Waals surface area contributed by atoms with Gasteiger partial charge in [0.15, 0.2) is 0 Å². The standard InChI is InChI=1S/C12H24O6Si/c1-7-15-19(16-8-2,17-9-3)12(14-6)18-11(13)10(4)5/h12H,4,7-9H2,1-3,5-6H3. The fourth-order valence-electron chi connectivity index (χ4n) is 1.40. The Kier molecular flexibility index (Phi) is 8.86. The van der Waals surface area contributed by atoms with Crippen LogP contribution in [0.5, 0.6) is 0 Å². The lowest BCUT2D eigenvalue weighted by Crippen LogP contribution is -2.59. The number of hydrogen-bond donors (Lipinski definition) is 0. The van der Waals surface area contributed by atoms with E-state index in [9.17, 15) is 4.79 Å². The van der Waals surface area contributed by atoms with Gasteiger partial charge >= 0.3 is 14.8 Å². The normalized spacial score (nSPS) is 13.1. The van der Waals surface area contributed by atoms with E-state index >= 15 is 0 Å². The van der Waals surface area contributed by atoms with Gasteiger partial charge in [0.05, 0.1) is 0 Å². The van der Waals surface area contributed by atoms with E-state index in [4.69, 9.17) is 22.8 Å². The summed E-state index contributed by atoms with van der Waals surface area (Å²) < 4.78 is 27.2. The molecule has 0 rings (SSSR count). The maximum Gasteiger partial charge on any atom is 0.573 e. The van der Waals surface area contributed by atoms with E-state index < -0.39 is 20.7 Å². The largest absolute Gasteiger partial charge is 0.573 e. The van der Waals surface area contributed by atoms with Gasteiger partial charge in [0.25, 0.3) is 5.91 Å². The highest BCUT2D eigenvalue weighted by atomic mass is 28.4. The highest BCUT2D eigenvalue weighted by Gasteiger charge is 2.53. The van der Waals surface area contributed by atoms with E-state index in [1.54, 1.807) is 6.92 Å². The van der Waals surface area contributed by atoms with Crippen LogP contribution in [0.15, 0.2) is 12.2 Å². The molecular weight excluding hydrogens is 268 g/mol. The lowest BCUT2D eigenvalue weighted by Gasteiger charge is -2.33. The van der Waals surface area contributed by atoms with Gasteiger partial charge in [-0.3, -0.25) is 0 Å². The van der Waals surface area contributed by atoms with Crippen LogP contribution >= 0.6 is 0 Å². The number of rotatable bonds is 10. The van der Waals surface area contributed by atoms with Crippen molar-refractivity contribution in [2.45, 2.75) is 33.6 Å². The molecule has 0 aromatic carbocycles. The number of methoxy groups -OCH3 is 1. The smallest absolute Gasteiger partial charge is 0.427 e. The van der Waals surface area contributed by atoms with E-state index in [-0.39, 0.29) is 5.57 Å². The molecule has 0 aliphatic rings. The summed E-state index contributed by atoms with van der Waals surface area (Å²) in [5.41, 5.74) is 0.273. The average molecular weight is 292 g/mol. The molecule has 112 valence electrons. The molecule has 0 amide bonds. The first-order chi connectivity index (χ1) is 8.97. The number of ether oxygens (including phenoxy) is 2. The molecule has 0 aliphatic heterocycles. The van der Waals surface area contributed by atoms with Crippen LogP contribution in [0.4, 0.5) is 0 Å². The van der Waals surface area contributed by atoms with E-state index in [0.717, 1.165) is 0 Å². The summed E-state index contributed by atoms with van der Waals surface area (Å²) in [6.07, 6.45) is 0. The first kappa shape index (κ1) is 18.3. The number of hydrogen-bond acceptors (Lipinski definition) is 6. The van der Waals surface area contributed by atoms with Gasteiger partial charge in [-0.25, -0.2) is 4.79 Å². The van der Waals surface area contributed by atoms with Gasteiger partial charge in [0, 0.05) is 32.5 Å². The Hall–Kier alpha value is -0.733. The summed E-state index contributed by atoms with van der Waals surface area (Å²) in [4.78, 5) is 11.6. The van der Waals surface area contributed by atoms with Crippen LogP contribution in [0.1, 0.15) is 27.7 Å². The quantitative estimate of drug-likeness (QED) is 0.264. The van der Waals surface area contributed by atoms with Crippen molar-refractivity contribution in [3.05, 3.63) is 12.2 Å². The first-order valence-electron chi connectivity index (χ1n) is 6.28. The molecule has 0 radical (unpaired) electrons. The first-order valence-corrected chi connectivity index (χ1v) is 8.08. The van der Waals surface area contributed by atoms with Gasteiger partial charge in [0.1, 0.15) is 0 Å². The molecular formula is C12H24O6Si. The second-order valence-corrected chi connectivity index (χ2v) is 6.20. The molecule has 6 nitrogen and oxygen atoms in total. The van der Waals surface area contributed by atoms with E-state index in [0.29, 0.717) is 19.8 Å². The van der Waals surface area contributed by atoms with Crippen LogP contribution in [0.3, 0.4) is 0 Å². The summed E-state index contributed by atoms with van der Waals surface area (Å²) in [6.45, 7) is 11.6. The summed E-state index contributed by atoms with van der Waals surface area (Å²) in [5.74, 6) is -1.57. The van der Waals surface area contributed by atoms with Crippen molar-refractivity contribution in [3.8, 4) is 0 Å². The van der Waals surface area contributed by atoms with Crippen LogP contribution in [-0.2, 0) is 27.5 Å². The Balaban J connectivity index is 5.12. The highest BCUT2D eigenvalue weighted by molar-refractivity contribution is 6.61. The van der Waals surface area contributed by atoms with E-state index in [1.807, 2.05) is 20.8 Å². The third-order valence-corrected chi connectivity index (χ3v) is 5.11. The summed E-state index contributed by atoms with van der Waals surface area (Å²) >= 11 is 0. The molecule has 0 aliphatic carbocycles. The van der Waals surface area contributed by atoms with Crippen LogP contribution in [0.25, 0.3) is 0 Å². The molecule has 19 heavy (non-hydrogen) atoms. The van der Waals surface area contributed by atoms with Crippen molar-refractivity contribution in [2.24, 2.45) is 0 Å². The zero-order valence-corrected chi connectivity index (χ0v) is 13.4. The van der Waals surface area contributed by atoms with Gasteiger partial charge < -0.3 is 22.8 Å². The molecule has 7 heteroatoms. The molecule has 0 spiro atoms. The van der Waals surface area contributed by atoms with Gasteiger partial charge in [-0.15, -0.1) is 0 Å². The van der Waals surface area contributed by atoms with Crippen LogP contribution < -0.4 is 0 Å².